The molecule has 0 bridgehead atoms. The molecule has 0 aliphatic carbocycles. The zero-order chi connectivity index (χ0) is 13.1. The Morgan fingerprint density at radius 3 is 2.94 bits per heavy atom. The quantitative estimate of drug-likeness (QED) is 0.860. The van der Waals surface area contributed by atoms with Crippen LogP contribution in [0.3, 0.4) is 0 Å². The van der Waals surface area contributed by atoms with Gasteiger partial charge in [0.25, 0.3) is 5.56 Å². The first kappa shape index (κ1) is 12.2. The van der Waals surface area contributed by atoms with E-state index in [1.807, 2.05) is 0 Å². The molecule has 94 valence electrons. The number of fused-ring (bicyclic) bond motifs is 1. The Hall–Kier alpha value is -2.24. The minimum absolute atomic E-state index is 0.0149. The van der Waals surface area contributed by atoms with Gasteiger partial charge in [0.05, 0.1) is 5.39 Å². The SMILES string of the molecule is O=C(O)CCCc1nc2c(F)cccc2c(=O)[nH]1. The number of aromatic nitrogens is 2. The van der Waals surface area contributed by atoms with Crippen LogP contribution in [0.4, 0.5) is 4.39 Å². The van der Waals surface area contributed by atoms with Gasteiger partial charge in [0.15, 0.2) is 0 Å². The molecule has 5 nitrogen and oxygen atoms in total. The van der Waals surface area contributed by atoms with Crippen molar-refractivity contribution in [3.63, 3.8) is 0 Å². The average Bonchev–Trinajstić information content (AvgIpc) is 2.30. The van der Waals surface area contributed by atoms with Crippen LogP contribution < -0.4 is 5.56 Å². The van der Waals surface area contributed by atoms with Crippen LogP contribution in [0.15, 0.2) is 23.0 Å². The topological polar surface area (TPSA) is 83.0 Å². The Kier molecular flexibility index (Phi) is 3.36. The van der Waals surface area contributed by atoms with Crippen molar-refractivity contribution >= 4 is 16.9 Å². The number of aromatic amines is 1. The highest BCUT2D eigenvalue weighted by Gasteiger charge is 2.08. The first-order valence-electron chi connectivity index (χ1n) is 5.47. The highest BCUT2D eigenvalue weighted by molar-refractivity contribution is 5.77. The molecule has 0 amide bonds. The Labute approximate surface area is 101 Å². The van der Waals surface area contributed by atoms with Crippen LogP contribution in [0.2, 0.25) is 0 Å². The minimum atomic E-state index is -0.913. The molecule has 0 fully saturated rings. The molecule has 0 saturated carbocycles. The number of para-hydroxylation sites is 1. The number of carboxylic acids is 1. The molecule has 1 aromatic heterocycles. The van der Waals surface area contributed by atoms with Gasteiger partial charge in [0.2, 0.25) is 0 Å². The van der Waals surface area contributed by atoms with Crippen molar-refractivity contribution in [2.45, 2.75) is 19.3 Å². The van der Waals surface area contributed by atoms with Gasteiger partial charge in [-0.25, -0.2) is 9.37 Å². The van der Waals surface area contributed by atoms with Gasteiger partial charge in [0, 0.05) is 12.8 Å². The number of H-pyrrole nitrogens is 1. The number of rotatable bonds is 4. The van der Waals surface area contributed by atoms with Gasteiger partial charge in [-0.15, -0.1) is 0 Å². The van der Waals surface area contributed by atoms with E-state index in [0.29, 0.717) is 18.7 Å². The van der Waals surface area contributed by atoms with Gasteiger partial charge < -0.3 is 10.1 Å². The summed E-state index contributed by atoms with van der Waals surface area (Å²) in [6, 6.07) is 4.17. The molecular formula is C12H11FN2O3. The molecule has 0 spiro atoms. The van der Waals surface area contributed by atoms with E-state index in [0.717, 1.165) is 0 Å². The number of hydrogen-bond acceptors (Lipinski definition) is 3. The van der Waals surface area contributed by atoms with Gasteiger partial charge in [0.1, 0.15) is 17.2 Å². The second-order valence-corrected chi connectivity index (χ2v) is 3.90. The summed E-state index contributed by atoms with van der Waals surface area (Å²) in [4.78, 5) is 28.6. The number of hydrogen-bond donors (Lipinski definition) is 2. The lowest BCUT2D eigenvalue weighted by Crippen LogP contribution is -2.13. The summed E-state index contributed by atoms with van der Waals surface area (Å²) in [5.41, 5.74) is -0.392. The van der Waals surface area contributed by atoms with Crippen LogP contribution in [0, 0.1) is 5.82 Å². The van der Waals surface area contributed by atoms with E-state index in [9.17, 15) is 14.0 Å². The fourth-order valence-electron chi connectivity index (χ4n) is 1.70. The molecule has 6 heteroatoms. The number of aliphatic carboxylic acids is 1. The highest BCUT2D eigenvalue weighted by atomic mass is 19.1. The lowest BCUT2D eigenvalue weighted by molar-refractivity contribution is -0.137. The molecule has 1 heterocycles. The standard InChI is InChI=1S/C12H11FN2O3/c13-8-4-1-3-7-11(8)14-9(15-12(7)18)5-2-6-10(16)17/h1,3-4H,2,5-6H2,(H,16,17)(H,14,15,18). The van der Waals surface area contributed by atoms with Crippen LogP contribution in [0.25, 0.3) is 10.9 Å². The maximum atomic E-state index is 13.5. The predicted molar refractivity (Wildman–Crippen MR) is 62.9 cm³/mol. The predicted octanol–water partition coefficient (Wildman–Crippen LogP) is 1.47. The lowest BCUT2D eigenvalue weighted by atomic mass is 10.2. The number of carboxylic acid groups (broad SMARTS) is 1. The van der Waals surface area contributed by atoms with Gasteiger partial charge in [-0.05, 0) is 18.6 Å². The van der Waals surface area contributed by atoms with E-state index in [1.165, 1.54) is 18.2 Å². The second-order valence-electron chi connectivity index (χ2n) is 3.90. The van der Waals surface area contributed by atoms with Crippen LogP contribution >= 0.6 is 0 Å². The lowest BCUT2D eigenvalue weighted by Gasteiger charge is -2.02. The first-order valence-corrected chi connectivity index (χ1v) is 5.47. The number of benzene rings is 1. The third-order valence-corrected chi connectivity index (χ3v) is 2.54. The Morgan fingerprint density at radius 1 is 1.44 bits per heavy atom. The zero-order valence-electron chi connectivity index (χ0n) is 9.44. The summed E-state index contributed by atoms with van der Waals surface area (Å²) >= 11 is 0. The average molecular weight is 250 g/mol. The summed E-state index contributed by atoms with van der Waals surface area (Å²) in [5, 5.41) is 8.70. The van der Waals surface area contributed by atoms with E-state index < -0.39 is 17.3 Å². The summed E-state index contributed by atoms with van der Waals surface area (Å²) in [6.45, 7) is 0. The van der Waals surface area contributed by atoms with Gasteiger partial charge in [-0.1, -0.05) is 6.07 Å². The van der Waals surface area contributed by atoms with Gasteiger partial charge in [-0.2, -0.15) is 0 Å². The molecule has 1 aromatic carbocycles. The van der Waals surface area contributed by atoms with Gasteiger partial charge >= 0.3 is 5.97 Å². The van der Waals surface area contributed by atoms with Crippen molar-refractivity contribution in [3.05, 3.63) is 40.2 Å². The molecular weight excluding hydrogens is 239 g/mol. The first-order chi connectivity index (χ1) is 8.58. The van der Waals surface area contributed by atoms with E-state index in [-0.39, 0.29) is 17.3 Å². The van der Waals surface area contributed by atoms with Crippen molar-refractivity contribution in [3.8, 4) is 0 Å². The van der Waals surface area contributed by atoms with Crippen molar-refractivity contribution in [2.24, 2.45) is 0 Å². The molecule has 0 saturated heterocycles. The monoisotopic (exact) mass is 250 g/mol. The van der Waals surface area contributed by atoms with E-state index in [2.05, 4.69) is 9.97 Å². The van der Waals surface area contributed by atoms with Gasteiger partial charge in [-0.3, -0.25) is 9.59 Å². The third-order valence-electron chi connectivity index (χ3n) is 2.54. The highest BCUT2D eigenvalue weighted by Crippen LogP contribution is 2.12. The number of nitrogens with one attached hydrogen (secondary N) is 1. The molecule has 18 heavy (non-hydrogen) atoms. The van der Waals surface area contributed by atoms with Crippen molar-refractivity contribution in [1.29, 1.82) is 0 Å². The smallest absolute Gasteiger partial charge is 0.303 e. The molecule has 2 aromatic rings. The van der Waals surface area contributed by atoms with Crippen molar-refractivity contribution in [1.82, 2.24) is 9.97 Å². The molecule has 0 radical (unpaired) electrons. The molecule has 2 rings (SSSR count). The summed E-state index contributed by atoms with van der Waals surface area (Å²) < 4.78 is 13.5. The summed E-state index contributed by atoms with van der Waals surface area (Å²) in [5.74, 6) is -1.17. The molecule has 0 aliphatic heterocycles. The van der Waals surface area contributed by atoms with Crippen molar-refractivity contribution < 1.29 is 14.3 Å². The Balaban J connectivity index is 2.33. The molecule has 0 aliphatic rings. The van der Waals surface area contributed by atoms with Crippen molar-refractivity contribution in [2.75, 3.05) is 0 Å². The fourth-order valence-corrected chi connectivity index (χ4v) is 1.70. The fraction of sp³-hybridized carbons (Fsp3) is 0.250. The molecule has 2 N–H and O–H groups in total. The van der Waals surface area contributed by atoms with E-state index in [4.69, 9.17) is 5.11 Å². The normalized spacial score (nSPS) is 10.7. The van der Waals surface area contributed by atoms with Crippen LogP contribution in [0.1, 0.15) is 18.7 Å². The zero-order valence-corrected chi connectivity index (χ0v) is 9.44. The maximum Gasteiger partial charge on any atom is 0.303 e. The van der Waals surface area contributed by atoms with Crippen LogP contribution in [-0.2, 0) is 11.2 Å². The number of carbonyl (C=O) groups is 1. The number of aryl methyl sites for hydroxylation is 1. The summed E-state index contributed by atoms with van der Waals surface area (Å²) in [7, 11) is 0. The van der Waals surface area contributed by atoms with E-state index >= 15 is 0 Å². The largest absolute Gasteiger partial charge is 0.481 e. The van der Waals surface area contributed by atoms with E-state index in [1.54, 1.807) is 0 Å². The minimum Gasteiger partial charge on any atom is -0.481 e. The summed E-state index contributed by atoms with van der Waals surface area (Å²) in [6.07, 6.45) is 0.628. The third kappa shape index (κ3) is 2.53. The molecule has 0 unspecified atom stereocenters. The Morgan fingerprint density at radius 2 is 2.22 bits per heavy atom. The number of nitrogens with zero attached hydrogens (tertiary/aromatic N) is 1. The maximum absolute atomic E-state index is 13.5. The second kappa shape index (κ2) is 4.95. The van der Waals surface area contributed by atoms with Crippen LogP contribution in [0.5, 0.6) is 0 Å². The van der Waals surface area contributed by atoms with Crippen LogP contribution in [-0.4, -0.2) is 21.0 Å². The number of halogens is 1. The Bertz CT molecular complexity index is 651. The molecule has 0 atom stereocenters.